The molecule has 0 aromatic heterocycles. The first-order valence-corrected chi connectivity index (χ1v) is 12.2. The average molecular weight is 429 g/mol. The molecule has 1 fully saturated rings. The van der Waals surface area contributed by atoms with Gasteiger partial charge in [0, 0.05) is 11.7 Å². The molecule has 0 spiro atoms. The third-order valence-electron chi connectivity index (χ3n) is 5.82. The van der Waals surface area contributed by atoms with Gasteiger partial charge in [-0.15, -0.1) is 0 Å². The number of carbonyl (C=O) groups is 1. The Morgan fingerprint density at radius 3 is 2.33 bits per heavy atom. The Morgan fingerprint density at radius 2 is 1.70 bits per heavy atom. The molecular weight excluding hydrogens is 396 g/mol. The molecule has 0 bridgehead atoms. The van der Waals surface area contributed by atoms with Crippen molar-refractivity contribution in [3.05, 3.63) is 59.7 Å². The standard InChI is InChI=1S/C24H32N2O3S/c1-18(2)22-16-10-11-19(3)24(22)25-23(27)17-26(20-12-6-4-7-13-20)30(28,29)21-14-8-5-9-15-21/h5,8-11,14-16,18,20H,4,6-7,12-13,17H2,1-3H3,(H,25,27). The van der Waals surface area contributed by atoms with Gasteiger partial charge in [-0.2, -0.15) is 4.31 Å². The second kappa shape index (κ2) is 9.75. The van der Waals surface area contributed by atoms with Crippen LogP contribution in [0.2, 0.25) is 0 Å². The van der Waals surface area contributed by atoms with Gasteiger partial charge in [0.25, 0.3) is 0 Å². The van der Waals surface area contributed by atoms with Gasteiger partial charge < -0.3 is 5.32 Å². The maximum atomic E-state index is 13.4. The zero-order valence-corrected chi connectivity index (χ0v) is 18.9. The highest BCUT2D eigenvalue weighted by molar-refractivity contribution is 7.89. The molecule has 0 aliphatic heterocycles. The minimum atomic E-state index is -3.75. The Morgan fingerprint density at radius 1 is 1.03 bits per heavy atom. The van der Waals surface area contributed by atoms with E-state index in [4.69, 9.17) is 0 Å². The second-order valence-electron chi connectivity index (χ2n) is 8.40. The lowest BCUT2D eigenvalue weighted by Crippen LogP contribution is -2.45. The van der Waals surface area contributed by atoms with E-state index in [0.717, 1.165) is 48.9 Å². The number of amides is 1. The third-order valence-corrected chi connectivity index (χ3v) is 7.74. The molecule has 3 rings (SSSR count). The van der Waals surface area contributed by atoms with Crippen molar-refractivity contribution in [2.45, 2.75) is 69.7 Å². The van der Waals surface area contributed by atoms with Crippen LogP contribution in [0.4, 0.5) is 5.69 Å². The normalized spacial score (nSPS) is 15.5. The van der Waals surface area contributed by atoms with E-state index in [2.05, 4.69) is 19.2 Å². The van der Waals surface area contributed by atoms with Crippen molar-refractivity contribution in [1.82, 2.24) is 4.31 Å². The number of nitrogens with one attached hydrogen (secondary N) is 1. The van der Waals surface area contributed by atoms with Gasteiger partial charge in [0.1, 0.15) is 0 Å². The number of benzene rings is 2. The van der Waals surface area contributed by atoms with Gasteiger partial charge >= 0.3 is 0 Å². The van der Waals surface area contributed by atoms with E-state index in [1.54, 1.807) is 30.3 Å². The summed E-state index contributed by atoms with van der Waals surface area (Å²) in [5.41, 5.74) is 2.82. The molecule has 2 aromatic carbocycles. The summed E-state index contributed by atoms with van der Waals surface area (Å²) in [5, 5.41) is 3.01. The van der Waals surface area contributed by atoms with Crippen molar-refractivity contribution in [2.75, 3.05) is 11.9 Å². The average Bonchev–Trinajstić information content (AvgIpc) is 2.74. The summed E-state index contributed by atoms with van der Waals surface area (Å²) in [7, 11) is -3.75. The molecule has 6 heteroatoms. The first-order chi connectivity index (χ1) is 14.3. The van der Waals surface area contributed by atoms with E-state index in [9.17, 15) is 13.2 Å². The minimum Gasteiger partial charge on any atom is -0.324 e. The molecule has 1 N–H and O–H groups in total. The smallest absolute Gasteiger partial charge is 0.243 e. The lowest BCUT2D eigenvalue weighted by atomic mass is 9.95. The Hall–Kier alpha value is -2.18. The molecule has 30 heavy (non-hydrogen) atoms. The molecule has 2 aromatic rings. The van der Waals surface area contributed by atoms with E-state index in [1.165, 1.54) is 4.31 Å². The number of anilines is 1. The number of hydrogen-bond acceptors (Lipinski definition) is 3. The maximum absolute atomic E-state index is 13.4. The molecule has 0 saturated heterocycles. The SMILES string of the molecule is Cc1cccc(C(C)C)c1NC(=O)CN(C1CCCCC1)S(=O)(=O)c1ccccc1. The van der Waals surface area contributed by atoms with Crippen LogP contribution in [0, 0.1) is 6.92 Å². The molecule has 0 unspecified atom stereocenters. The molecule has 162 valence electrons. The van der Waals surface area contributed by atoms with Crippen LogP contribution in [0.15, 0.2) is 53.4 Å². The van der Waals surface area contributed by atoms with E-state index < -0.39 is 10.0 Å². The summed E-state index contributed by atoms with van der Waals surface area (Å²) in [5.74, 6) is -0.0426. The van der Waals surface area contributed by atoms with E-state index >= 15 is 0 Å². The van der Waals surface area contributed by atoms with Crippen molar-refractivity contribution in [3.8, 4) is 0 Å². The van der Waals surface area contributed by atoms with Gasteiger partial charge in [-0.1, -0.05) is 69.5 Å². The second-order valence-corrected chi connectivity index (χ2v) is 10.3. The molecule has 1 amide bonds. The molecule has 0 heterocycles. The number of aryl methyl sites for hydroxylation is 1. The largest absolute Gasteiger partial charge is 0.324 e. The molecule has 1 aliphatic rings. The quantitative estimate of drug-likeness (QED) is 0.669. The van der Waals surface area contributed by atoms with Crippen LogP contribution in [0.3, 0.4) is 0 Å². The highest BCUT2D eigenvalue weighted by Crippen LogP contribution is 2.30. The van der Waals surface area contributed by atoms with Gasteiger partial charge in [-0.25, -0.2) is 8.42 Å². The lowest BCUT2D eigenvalue weighted by Gasteiger charge is -2.33. The molecule has 0 radical (unpaired) electrons. The summed E-state index contributed by atoms with van der Waals surface area (Å²) < 4.78 is 28.2. The highest BCUT2D eigenvalue weighted by Gasteiger charge is 2.34. The van der Waals surface area contributed by atoms with Crippen LogP contribution in [0.25, 0.3) is 0 Å². The Bertz CT molecular complexity index is 965. The van der Waals surface area contributed by atoms with Gasteiger partial charge in [0.2, 0.25) is 15.9 Å². The maximum Gasteiger partial charge on any atom is 0.243 e. The first kappa shape index (κ1) is 22.5. The van der Waals surface area contributed by atoms with Crippen molar-refractivity contribution in [2.24, 2.45) is 0 Å². The number of sulfonamides is 1. The number of para-hydroxylation sites is 1. The third kappa shape index (κ3) is 5.10. The predicted octanol–water partition coefficient (Wildman–Crippen LogP) is 5.08. The van der Waals surface area contributed by atoms with Crippen LogP contribution in [-0.2, 0) is 14.8 Å². The van der Waals surface area contributed by atoms with E-state index in [-0.39, 0.29) is 29.3 Å². The van der Waals surface area contributed by atoms with E-state index in [0.29, 0.717) is 0 Å². The zero-order chi connectivity index (χ0) is 21.7. The summed E-state index contributed by atoms with van der Waals surface area (Å²) in [6, 6.07) is 14.2. The highest BCUT2D eigenvalue weighted by atomic mass is 32.2. The summed E-state index contributed by atoms with van der Waals surface area (Å²) in [4.78, 5) is 13.3. The molecular formula is C24H32N2O3S. The number of nitrogens with zero attached hydrogens (tertiary/aromatic N) is 1. The molecule has 1 saturated carbocycles. The van der Waals surface area contributed by atoms with Crippen molar-refractivity contribution in [3.63, 3.8) is 0 Å². The Labute approximate surface area is 180 Å². The fourth-order valence-electron chi connectivity index (χ4n) is 4.17. The van der Waals surface area contributed by atoms with Crippen molar-refractivity contribution in [1.29, 1.82) is 0 Å². The van der Waals surface area contributed by atoms with Crippen LogP contribution in [-0.4, -0.2) is 31.2 Å². The van der Waals surface area contributed by atoms with Gasteiger partial charge in [0.05, 0.1) is 11.4 Å². The summed E-state index contributed by atoms with van der Waals surface area (Å²) in [6.07, 6.45) is 4.68. The monoisotopic (exact) mass is 428 g/mol. The topological polar surface area (TPSA) is 66.5 Å². The summed E-state index contributed by atoms with van der Waals surface area (Å²) in [6.45, 7) is 5.95. The van der Waals surface area contributed by atoms with Crippen LogP contribution in [0.1, 0.15) is 63.0 Å². The van der Waals surface area contributed by atoms with Crippen LogP contribution < -0.4 is 5.32 Å². The molecule has 0 atom stereocenters. The predicted molar refractivity (Wildman–Crippen MR) is 121 cm³/mol. The van der Waals surface area contributed by atoms with Gasteiger partial charge in [0.15, 0.2) is 0 Å². The van der Waals surface area contributed by atoms with E-state index in [1.807, 2.05) is 25.1 Å². The van der Waals surface area contributed by atoms with Crippen molar-refractivity contribution >= 4 is 21.6 Å². The zero-order valence-electron chi connectivity index (χ0n) is 18.1. The molecule has 1 aliphatic carbocycles. The van der Waals surface area contributed by atoms with Crippen molar-refractivity contribution < 1.29 is 13.2 Å². The van der Waals surface area contributed by atoms with Gasteiger partial charge in [-0.3, -0.25) is 4.79 Å². The Kier molecular flexibility index (Phi) is 7.32. The fraction of sp³-hybridized carbons (Fsp3) is 0.458. The number of carbonyl (C=O) groups excluding carboxylic acids is 1. The fourth-order valence-corrected chi connectivity index (χ4v) is 5.83. The van der Waals surface area contributed by atoms with Crippen LogP contribution >= 0.6 is 0 Å². The Balaban J connectivity index is 1.88. The van der Waals surface area contributed by atoms with Crippen LogP contribution in [0.5, 0.6) is 0 Å². The molecule has 5 nitrogen and oxygen atoms in total. The lowest BCUT2D eigenvalue weighted by molar-refractivity contribution is -0.116. The van der Waals surface area contributed by atoms with Gasteiger partial charge in [-0.05, 0) is 48.9 Å². The summed E-state index contributed by atoms with van der Waals surface area (Å²) >= 11 is 0. The number of hydrogen-bond donors (Lipinski definition) is 1. The number of rotatable bonds is 7. The first-order valence-electron chi connectivity index (χ1n) is 10.8. The minimum absolute atomic E-state index is 0.142.